The molecule has 3 aromatic heterocycles. The molecule has 11 heteroatoms. The van der Waals surface area contributed by atoms with Crippen LogP contribution in [0.1, 0.15) is 22.1 Å². The van der Waals surface area contributed by atoms with Crippen LogP contribution in [0, 0.1) is 27.7 Å². The van der Waals surface area contributed by atoms with Gasteiger partial charge in [-0.15, -0.1) is 11.3 Å². The van der Waals surface area contributed by atoms with Crippen molar-refractivity contribution in [1.82, 2.24) is 29.7 Å². The molecule has 0 atom stereocenters. The van der Waals surface area contributed by atoms with E-state index in [1.807, 2.05) is 13.8 Å². The predicted octanol–water partition coefficient (Wildman–Crippen LogP) is 1.30. The molecule has 27 heavy (non-hydrogen) atoms. The lowest BCUT2D eigenvalue weighted by atomic mass is 10.3. The molecular weight excluding hydrogens is 388 g/mol. The zero-order chi connectivity index (χ0) is 19.8. The third-order valence-electron chi connectivity index (χ3n) is 3.95. The number of rotatable bonds is 6. The zero-order valence-electron chi connectivity index (χ0n) is 15.4. The van der Waals surface area contributed by atoms with E-state index < -0.39 is 10.0 Å². The number of aromatic amines is 1. The van der Waals surface area contributed by atoms with Crippen molar-refractivity contribution < 1.29 is 8.42 Å². The highest BCUT2D eigenvalue weighted by Crippen LogP contribution is 2.27. The molecule has 144 valence electrons. The highest BCUT2D eigenvalue weighted by molar-refractivity contribution is 7.89. The Labute approximate surface area is 160 Å². The Morgan fingerprint density at radius 3 is 2.52 bits per heavy atom. The highest BCUT2D eigenvalue weighted by Gasteiger charge is 2.21. The molecule has 3 aromatic rings. The van der Waals surface area contributed by atoms with Crippen LogP contribution in [0.15, 0.2) is 21.8 Å². The molecule has 2 N–H and O–H groups in total. The molecule has 0 saturated carbocycles. The van der Waals surface area contributed by atoms with Gasteiger partial charge in [0.2, 0.25) is 10.0 Å². The van der Waals surface area contributed by atoms with E-state index in [0.717, 1.165) is 15.6 Å². The third kappa shape index (κ3) is 3.99. The first-order valence-electron chi connectivity index (χ1n) is 8.23. The summed E-state index contributed by atoms with van der Waals surface area (Å²) in [5.74, 6) is 0. The minimum absolute atomic E-state index is 0.0312. The van der Waals surface area contributed by atoms with E-state index in [1.165, 1.54) is 22.1 Å². The lowest BCUT2D eigenvalue weighted by Crippen LogP contribution is -2.32. The molecular formula is C16H20N6O3S2. The van der Waals surface area contributed by atoms with Crippen molar-refractivity contribution in [2.45, 2.75) is 39.1 Å². The minimum Gasteiger partial charge on any atom is -0.281 e. The number of aromatic nitrogens is 5. The Morgan fingerprint density at radius 1 is 1.19 bits per heavy atom. The van der Waals surface area contributed by atoms with Crippen molar-refractivity contribution in [2.24, 2.45) is 0 Å². The number of sulfonamides is 1. The monoisotopic (exact) mass is 408 g/mol. The SMILES string of the molecule is Cc1nc(C)c(-c2ccc(=O)n(CCNS(=O)(=O)c3c(C)n[nH]c3C)n2)s1. The molecule has 0 unspecified atom stereocenters. The van der Waals surface area contributed by atoms with Crippen LogP contribution in [-0.2, 0) is 16.6 Å². The van der Waals surface area contributed by atoms with Crippen LogP contribution in [0.25, 0.3) is 10.6 Å². The Bertz CT molecular complexity index is 1120. The summed E-state index contributed by atoms with van der Waals surface area (Å²) in [7, 11) is -3.72. The predicted molar refractivity (Wildman–Crippen MR) is 102 cm³/mol. The summed E-state index contributed by atoms with van der Waals surface area (Å²) < 4.78 is 28.7. The molecule has 0 spiro atoms. The van der Waals surface area contributed by atoms with Crippen LogP contribution in [0.5, 0.6) is 0 Å². The van der Waals surface area contributed by atoms with Crippen molar-refractivity contribution in [2.75, 3.05) is 6.54 Å². The molecule has 0 aromatic carbocycles. The average Bonchev–Trinajstić information content (AvgIpc) is 3.10. The summed E-state index contributed by atoms with van der Waals surface area (Å²) in [6.45, 7) is 7.20. The van der Waals surface area contributed by atoms with Gasteiger partial charge in [-0.2, -0.15) is 10.2 Å². The Kier molecular flexibility index (Phi) is 5.27. The van der Waals surface area contributed by atoms with Crippen LogP contribution < -0.4 is 10.3 Å². The molecule has 0 bridgehead atoms. The van der Waals surface area contributed by atoms with E-state index in [4.69, 9.17) is 0 Å². The summed E-state index contributed by atoms with van der Waals surface area (Å²) in [5.41, 5.74) is 2.05. The van der Waals surface area contributed by atoms with Crippen LogP contribution in [-0.4, -0.2) is 39.9 Å². The normalized spacial score (nSPS) is 11.9. The van der Waals surface area contributed by atoms with E-state index >= 15 is 0 Å². The smallest absolute Gasteiger partial charge is 0.266 e. The Hall–Kier alpha value is -2.37. The van der Waals surface area contributed by atoms with Gasteiger partial charge in [0, 0.05) is 12.6 Å². The topological polar surface area (TPSA) is 123 Å². The van der Waals surface area contributed by atoms with E-state index in [2.05, 4.69) is 25.0 Å². The second-order valence-electron chi connectivity index (χ2n) is 6.09. The quantitative estimate of drug-likeness (QED) is 0.634. The fraction of sp³-hybridized carbons (Fsp3) is 0.375. The number of aryl methyl sites for hydroxylation is 4. The van der Waals surface area contributed by atoms with Gasteiger partial charge < -0.3 is 0 Å². The van der Waals surface area contributed by atoms with Gasteiger partial charge in [0.25, 0.3) is 5.56 Å². The van der Waals surface area contributed by atoms with Gasteiger partial charge >= 0.3 is 0 Å². The maximum absolute atomic E-state index is 12.5. The first-order valence-corrected chi connectivity index (χ1v) is 10.5. The number of nitrogens with zero attached hydrogens (tertiary/aromatic N) is 4. The molecule has 0 aliphatic heterocycles. The molecule has 0 saturated heterocycles. The van der Waals surface area contributed by atoms with Gasteiger partial charge in [-0.3, -0.25) is 9.89 Å². The second-order valence-corrected chi connectivity index (χ2v) is 9.00. The lowest BCUT2D eigenvalue weighted by molar-refractivity contribution is 0.548. The van der Waals surface area contributed by atoms with Crippen LogP contribution in [0.2, 0.25) is 0 Å². The first kappa shape index (κ1) is 19.4. The van der Waals surface area contributed by atoms with Gasteiger partial charge in [0.15, 0.2) is 0 Å². The van der Waals surface area contributed by atoms with E-state index in [0.29, 0.717) is 17.1 Å². The number of thiazole rings is 1. The molecule has 0 radical (unpaired) electrons. The van der Waals surface area contributed by atoms with Crippen molar-refractivity contribution in [3.05, 3.63) is 44.6 Å². The van der Waals surface area contributed by atoms with Gasteiger partial charge in [-0.1, -0.05) is 0 Å². The van der Waals surface area contributed by atoms with Crippen LogP contribution in [0.3, 0.4) is 0 Å². The standard InChI is InChI=1S/C16H20N6O3S2/c1-9-15(26-12(4)18-9)13-5-6-14(23)22(21-13)8-7-17-27(24,25)16-10(2)19-20-11(16)3/h5-6,17H,7-8H2,1-4H3,(H,19,20). The first-order chi connectivity index (χ1) is 12.7. The summed E-state index contributed by atoms with van der Waals surface area (Å²) in [5, 5.41) is 11.8. The molecule has 0 fully saturated rings. The molecule has 3 rings (SSSR count). The Balaban J connectivity index is 1.78. The second kappa shape index (κ2) is 7.33. The summed E-state index contributed by atoms with van der Waals surface area (Å²) in [6.07, 6.45) is 0. The summed E-state index contributed by atoms with van der Waals surface area (Å²) >= 11 is 1.50. The lowest BCUT2D eigenvalue weighted by Gasteiger charge is -2.09. The van der Waals surface area contributed by atoms with Crippen molar-refractivity contribution in [3.63, 3.8) is 0 Å². The zero-order valence-corrected chi connectivity index (χ0v) is 17.0. The average molecular weight is 409 g/mol. The van der Waals surface area contributed by atoms with E-state index in [9.17, 15) is 13.2 Å². The van der Waals surface area contributed by atoms with Crippen LogP contribution >= 0.6 is 11.3 Å². The molecule has 0 amide bonds. The van der Waals surface area contributed by atoms with Gasteiger partial charge in [-0.25, -0.2) is 22.8 Å². The number of nitrogens with one attached hydrogen (secondary N) is 2. The number of hydrogen-bond donors (Lipinski definition) is 2. The molecule has 3 heterocycles. The fourth-order valence-electron chi connectivity index (χ4n) is 2.79. The Morgan fingerprint density at radius 2 is 1.93 bits per heavy atom. The largest absolute Gasteiger partial charge is 0.281 e. The number of hydrogen-bond acceptors (Lipinski definition) is 7. The van der Waals surface area contributed by atoms with E-state index in [-0.39, 0.29) is 23.5 Å². The van der Waals surface area contributed by atoms with E-state index in [1.54, 1.807) is 19.9 Å². The van der Waals surface area contributed by atoms with Gasteiger partial charge in [-0.05, 0) is 33.8 Å². The fourth-order valence-corrected chi connectivity index (χ4v) is 5.07. The maximum Gasteiger partial charge on any atom is 0.266 e. The van der Waals surface area contributed by atoms with Crippen molar-refractivity contribution in [3.8, 4) is 10.6 Å². The highest BCUT2D eigenvalue weighted by atomic mass is 32.2. The molecule has 0 aliphatic rings. The molecule has 9 nitrogen and oxygen atoms in total. The van der Waals surface area contributed by atoms with Crippen LogP contribution in [0.4, 0.5) is 0 Å². The maximum atomic E-state index is 12.5. The summed E-state index contributed by atoms with van der Waals surface area (Å²) in [6, 6.07) is 3.08. The number of H-pyrrole nitrogens is 1. The third-order valence-corrected chi connectivity index (χ3v) is 6.77. The summed E-state index contributed by atoms with van der Waals surface area (Å²) in [4.78, 5) is 17.5. The van der Waals surface area contributed by atoms with Gasteiger partial charge in [0.1, 0.15) is 10.6 Å². The van der Waals surface area contributed by atoms with Crippen molar-refractivity contribution in [1.29, 1.82) is 0 Å². The van der Waals surface area contributed by atoms with Crippen molar-refractivity contribution >= 4 is 21.4 Å². The minimum atomic E-state index is -3.72. The molecule has 0 aliphatic carbocycles. The van der Waals surface area contributed by atoms with Gasteiger partial charge in [0.05, 0.1) is 33.5 Å².